The topological polar surface area (TPSA) is 78.1 Å². The average molecular weight is 354 g/mol. The van der Waals surface area contributed by atoms with Crippen molar-refractivity contribution < 1.29 is 13.4 Å². The van der Waals surface area contributed by atoms with Gasteiger partial charge in [-0.05, 0) is 24.6 Å². The lowest BCUT2D eigenvalue weighted by Crippen LogP contribution is -2.24. The van der Waals surface area contributed by atoms with Crippen LogP contribution >= 0.6 is 0 Å². The van der Waals surface area contributed by atoms with Crippen LogP contribution in [0.2, 0.25) is 0 Å². The number of hydrogen-bond donors (Lipinski definition) is 2. The van der Waals surface area contributed by atoms with Gasteiger partial charge in [0.15, 0.2) is 5.82 Å². The molecule has 24 heavy (non-hydrogen) atoms. The van der Waals surface area contributed by atoms with Crippen LogP contribution in [0, 0.1) is 12.7 Å². The molecule has 0 spiro atoms. The summed E-state index contributed by atoms with van der Waals surface area (Å²) >= 11 is -1.75. The predicted octanol–water partition coefficient (Wildman–Crippen LogP) is 3.09. The Bertz CT molecular complexity index is 704. The van der Waals surface area contributed by atoms with Crippen LogP contribution in [0.5, 0.6) is 0 Å². The molecular formula is C16H23FN4O2S. The molecule has 3 rings (SSSR count). The second-order valence-corrected chi connectivity index (χ2v) is 5.52. The van der Waals surface area contributed by atoms with Crippen molar-refractivity contribution in [1.29, 1.82) is 0 Å². The van der Waals surface area contributed by atoms with Gasteiger partial charge in [0.2, 0.25) is 11.2 Å². The Labute approximate surface area is 144 Å². The zero-order chi connectivity index (χ0) is 18.3. The fourth-order valence-electron chi connectivity index (χ4n) is 2.12. The number of carbonyl (C=O) groups excluding carboxylic acids is 1. The molecule has 2 heterocycles. The van der Waals surface area contributed by atoms with Crippen molar-refractivity contribution in [3.8, 4) is 11.3 Å². The lowest BCUT2D eigenvalue weighted by atomic mass is 10.1. The van der Waals surface area contributed by atoms with E-state index in [0.717, 1.165) is 0 Å². The third-order valence-electron chi connectivity index (χ3n) is 3.05. The zero-order valence-corrected chi connectivity index (χ0v) is 15.3. The molecule has 8 heteroatoms. The second kappa shape index (κ2) is 9.17. The fourth-order valence-corrected chi connectivity index (χ4v) is 3.11. The molecule has 0 radical (unpaired) electrons. The smallest absolute Gasteiger partial charge is 0.253 e. The highest BCUT2D eigenvalue weighted by molar-refractivity contribution is 7.85. The van der Waals surface area contributed by atoms with Gasteiger partial charge >= 0.3 is 0 Å². The molecule has 0 saturated carbocycles. The minimum atomic E-state index is -1.75. The number of rotatable bonds is 2. The quantitative estimate of drug-likeness (QED) is 0.870. The molecule has 1 aliphatic heterocycles. The Morgan fingerprint density at radius 3 is 2.38 bits per heavy atom. The second-order valence-electron chi connectivity index (χ2n) is 4.37. The molecule has 2 N–H and O–H groups in total. The average Bonchev–Trinajstić information content (AvgIpc) is 3.22. The van der Waals surface area contributed by atoms with E-state index in [1.807, 2.05) is 27.7 Å². The summed E-state index contributed by atoms with van der Waals surface area (Å²) in [6, 6.07) is 4.98. The van der Waals surface area contributed by atoms with E-state index in [-0.39, 0.29) is 12.2 Å². The van der Waals surface area contributed by atoms with E-state index in [0.29, 0.717) is 16.8 Å². The van der Waals surface area contributed by atoms with E-state index in [1.165, 1.54) is 10.5 Å². The van der Waals surface area contributed by atoms with Crippen LogP contribution in [-0.4, -0.2) is 26.9 Å². The van der Waals surface area contributed by atoms with Crippen molar-refractivity contribution in [1.82, 2.24) is 14.9 Å². The normalized spacial score (nSPS) is 15.8. The number of aromatic amines is 1. The van der Waals surface area contributed by atoms with Crippen molar-refractivity contribution in [3.63, 3.8) is 0 Å². The Morgan fingerprint density at radius 1 is 1.21 bits per heavy atom. The summed E-state index contributed by atoms with van der Waals surface area (Å²) in [7, 11) is 0. The van der Waals surface area contributed by atoms with E-state index >= 15 is 0 Å². The first-order chi connectivity index (χ1) is 11.6. The summed E-state index contributed by atoms with van der Waals surface area (Å²) in [5, 5.41) is 6.47. The number of H-pyrrole nitrogens is 1. The molecule has 1 aliphatic rings. The van der Waals surface area contributed by atoms with Gasteiger partial charge in [0.05, 0.1) is 11.4 Å². The van der Waals surface area contributed by atoms with Crippen LogP contribution in [0.15, 0.2) is 24.4 Å². The number of halogens is 1. The van der Waals surface area contributed by atoms with E-state index in [1.54, 1.807) is 25.1 Å². The number of aryl methyl sites for hydroxylation is 1. The maximum Gasteiger partial charge on any atom is 0.253 e. The van der Waals surface area contributed by atoms with Gasteiger partial charge in [0.25, 0.3) is 5.91 Å². The Hall–Kier alpha value is -2.22. The SMILES string of the molecule is CC.CC.Cc1ccc(-c2ccn[nH]2)c(F)c1N1CC(=O)NS1=O. The number of carbonyl (C=O) groups is 1. The molecule has 6 nitrogen and oxygen atoms in total. The first kappa shape index (κ1) is 19.8. The van der Waals surface area contributed by atoms with Gasteiger partial charge in [-0.2, -0.15) is 5.10 Å². The molecule has 1 atom stereocenters. The van der Waals surface area contributed by atoms with Gasteiger partial charge in [-0.3, -0.25) is 18.9 Å². The summed E-state index contributed by atoms with van der Waals surface area (Å²) in [5.74, 6) is -0.923. The van der Waals surface area contributed by atoms with Crippen LogP contribution in [0.25, 0.3) is 11.3 Å². The first-order valence-electron chi connectivity index (χ1n) is 7.85. The summed E-state index contributed by atoms with van der Waals surface area (Å²) in [6.07, 6.45) is 1.52. The van der Waals surface area contributed by atoms with Gasteiger partial charge in [0, 0.05) is 11.8 Å². The number of nitrogens with zero attached hydrogens (tertiary/aromatic N) is 2. The van der Waals surface area contributed by atoms with E-state index in [9.17, 15) is 13.4 Å². The van der Waals surface area contributed by atoms with Crippen LogP contribution in [0.3, 0.4) is 0 Å². The highest BCUT2D eigenvalue weighted by atomic mass is 32.2. The van der Waals surface area contributed by atoms with Gasteiger partial charge in [-0.25, -0.2) is 8.60 Å². The lowest BCUT2D eigenvalue weighted by molar-refractivity contribution is -0.117. The molecule has 2 aromatic rings. The Kier molecular flexibility index (Phi) is 7.57. The summed E-state index contributed by atoms with van der Waals surface area (Å²) < 4.78 is 30.0. The highest BCUT2D eigenvalue weighted by Gasteiger charge is 2.31. The minimum absolute atomic E-state index is 0.128. The molecule has 1 aromatic heterocycles. The fraction of sp³-hybridized carbons (Fsp3) is 0.375. The van der Waals surface area contributed by atoms with Crippen molar-refractivity contribution in [2.75, 3.05) is 10.8 Å². The third kappa shape index (κ3) is 4.00. The van der Waals surface area contributed by atoms with E-state index in [4.69, 9.17) is 0 Å². The van der Waals surface area contributed by atoms with Crippen molar-refractivity contribution in [2.24, 2.45) is 0 Å². The maximum atomic E-state index is 14.7. The number of amides is 1. The highest BCUT2D eigenvalue weighted by Crippen LogP contribution is 2.33. The molecule has 1 amide bonds. The van der Waals surface area contributed by atoms with E-state index < -0.39 is 22.9 Å². The summed E-state index contributed by atoms with van der Waals surface area (Å²) in [4.78, 5) is 11.3. The summed E-state index contributed by atoms with van der Waals surface area (Å²) in [6.45, 7) is 9.58. The third-order valence-corrected chi connectivity index (χ3v) is 4.16. The van der Waals surface area contributed by atoms with Gasteiger partial charge in [-0.15, -0.1) is 0 Å². The molecule has 1 aromatic carbocycles. The Balaban J connectivity index is 0.000000671. The molecule has 1 saturated heterocycles. The van der Waals surface area contributed by atoms with Crippen LogP contribution in [0.4, 0.5) is 10.1 Å². The van der Waals surface area contributed by atoms with E-state index in [2.05, 4.69) is 14.9 Å². The van der Waals surface area contributed by atoms with Crippen LogP contribution in [0.1, 0.15) is 33.3 Å². The minimum Gasteiger partial charge on any atom is -0.278 e. The van der Waals surface area contributed by atoms with Crippen molar-refractivity contribution in [2.45, 2.75) is 34.6 Å². The number of anilines is 1. The largest absolute Gasteiger partial charge is 0.278 e. The molecule has 0 aliphatic carbocycles. The van der Waals surface area contributed by atoms with Crippen LogP contribution in [-0.2, 0) is 16.0 Å². The molecule has 1 unspecified atom stereocenters. The zero-order valence-electron chi connectivity index (χ0n) is 14.5. The van der Waals surface area contributed by atoms with Crippen molar-refractivity contribution >= 4 is 22.8 Å². The molecule has 132 valence electrons. The maximum absolute atomic E-state index is 14.7. The number of nitrogens with one attached hydrogen (secondary N) is 2. The molecule has 0 bridgehead atoms. The first-order valence-corrected chi connectivity index (χ1v) is 8.96. The number of aromatic nitrogens is 2. The Morgan fingerprint density at radius 2 is 1.88 bits per heavy atom. The molecule has 1 fully saturated rings. The van der Waals surface area contributed by atoms with Gasteiger partial charge < -0.3 is 0 Å². The number of benzene rings is 1. The van der Waals surface area contributed by atoms with Gasteiger partial charge in [-0.1, -0.05) is 33.8 Å². The predicted molar refractivity (Wildman–Crippen MR) is 95.0 cm³/mol. The summed E-state index contributed by atoms with van der Waals surface area (Å²) in [5.41, 5.74) is 1.61. The van der Waals surface area contributed by atoms with Crippen molar-refractivity contribution in [3.05, 3.63) is 35.8 Å². The standard InChI is InChI=1S/C12H11FN4O2S.2C2H6/c1-7-2-3-8(9-4-5-14-15-9)11(13)12(7)17-6-10(18)16-20(17)19;2*1-2/h2-5H,6H2,1H3,(H,14,15)(H,16,18);2*1-2H3. The monoisotopic (exact) mass is 354 g/mol. The van der Waals surface area contributed by atoms with Crippen LogP contribution < -0.4 is 9.03 Å². The number of hydrogen-bond acceptors (Lipinski definition) is 3. The lowest BCUT2D eigenvalue weighted by Gasteiger charge is -2.18. The molecular weight excluding hydrogens is 331 g/mol. The van der Waals surface area contributed by atoms with Gasteiger partial charge in [0.1, 0.15) is 6.54 Å².